The second-order valence-electron chi connectivity index (χ2n) is 5.10. The summed E-state index contributed by atoms with van der Waals surface area (Å²) in [7, 11) is 0. The average molecular weight is 274 g/mol. The van der Waals surface area contributed by atoms with E-state index in [1.54, 1.807) is 6.08 Å². The van der Waals surface area contributed by atoms with Gasteiger partial charge in [-0.1, -0.05) is 12.2 Å². The minimum atomic E-state index is -5.70. The number of aliphatic hydroxyl groups is 1. The minimum absolute atomic E-state index is 0.0608. The van der Waals surface area contributed by atoms with Crippen LogP contribution in [-0.2, 0) is 0 Å². The fraction of sp³-hybridized carbons (Fsp3) is 0.818. The number of allylic oxidation sites excluding steroid dienone is 2. The van der Waals surface area contributed by atoms with Crippen molar-refractivity contribution in [3.63, 3.8) is 0 Å². The van der Waals surface area contributed by atoms with Crippen LogP contribution in [0.25, 0.3) is 0 Å². The molecule has 1 fully saturated rings. The highest BCUT2D eigenvalue weighted by Crippen LogP contribution is 2.53. The molecule has 0 aromatic heterocycles. The van der Waals surface area contributed by atoms with E-state index in [-0.39, 0.29) is 18.3 Å². The Hall–Kier alpha value is -0.720. The van der Waals surface area contributed by atoms with Crippen LogP contribution in [0.4, 0.5) is 26.3 Å². The third kappa shape index (κ3) is 2.02. The van der Waals surface area contributed by atoms with Crippen molar-refractivity contribution in [1.82, 2.24) is 0 Å². The normalized spacial score (nSPS) is 32.3. The molecule has 0 aliphatic heterocycles. The second kappa shape index (κ2) is 3.88. The Bertz CT molecular complexity index is 342. The molecule has 2 bridgehead atoms. The van der Waals surface area contributed by atoms with Gasteiger partial charge >= 0.3 is 12.4 Å². The third-order valence-electron chi connectivity index (χ3n) is 3.91. The molecular weight excluding hydrogens is 262 g/mol. The predicted octanol–water partition coefficient (Wildman–Crippen LogP) is 3.44. The molecule has 0 spiro atoms. The molecule has 0 heterocycles. The molecule has 2 aliphatic rings. The Morgan fingerprint density at radius 2 is 1.50 bits per heavy atom. The molecule has 7 heteroatoms. The van der Waals surface area contributed by atoms with Crippen LogP contribution in [0, 0.1) is 17.8 Å². The Morgan fingerprint density at radius 1 is 0.944 bits per heavy atom. The van der Waals surface area contributed by atoms with Gasteiger partial charge in [-0.05, 0) is 37.0 Å². The summed E-state index contributed by atoms with van der Waals surface area (Å²) in [5, 5.41) is 9.10. The van der Waals surface area contributed by atoms with Crippen LogP contribution >= 0.6 is 0 Å². The van der Waals surface area contributed by atoms with Crippen molar-refractivity contribution in [1.29, 1.82) is 0 Å². The van der Waals surface area contributed by atoms with Gasteiger partial charge in [0.05, 0.1) is 0 Å². The lowest BCUT2D eigenvalue weighted by molar-refractivity contribution is -0.373. The summed E-state index contributed by atoms with van der Waals surface area (Å²) in [6, 6.07) is 0. The zero-order valence-electron chi connectivity index (χ0n) is 9.22. The first-order chi connectivity index (χ1) is 8.04. The van der Waals surface area contributed by atoms with Crippen molar-refractivity contribution in [2.45, 2.75) is 37.2 Å². The summed E-state index contributed by atoms with van der Waals surface area (Å²) in [4.78, 5) is 0. The molecule has 104 valence electrons. The van der Waals surface area contributed by atoms with Gasteiger partial charge in [0, 0.05) is 0 Å². The van der Waals surface area contributed by atoms with Crippen LogP contribution in [0.15, 0.2) is 12.2 Å². The van der Waals surface area contributed by atoms with Crippen molar-refractivity contribution < 1.29 is 31.4 Å². The van der Waals surface area contributed by atoms with E-state index in [0.29, 0.717) is 6.42 Å². The highest BCUT2D eigenvalue weighted by Gasteiger charge is 2.71. The largest absolute Gasteiger partial charge is 0.426 e. The van der Waals surface area contributed by atoms with Crippen molar-refractivity contribution in [2.75, 3.05) is 0 Å². The average Bonchev–Trinajstić information content (AvgIpc) is 2.75. The van der Waals surface area contributed by atoms with Gasteiger partial charge in [-0.15, -0.1) is 0 Å². The Morgan fingerprint density at radius 3 is 1.83 bits per heavy atom. The first-order valence-electron chi connectivity index (χ1n) is 5.59. The third-order valence-corrected chi connectivity index (χ3v) is 3.91. The van der Waals surface area contributed by atoms with Gasteiger partial charge in [0.2, 0.25) is 0 Å². The van der Waals surface area contributed by atoms with E-state index >= 15 is 0 Å². The number of halogens is 6. The van der Waals surface area contributed by atoms with Crippen LogP contribution in [0.2, 0.25) is 0 Å². The number of fused-ring (bicyclic) bond motifs is 2. The maximum atomic E-state index is 12.5. The van der Waals surface area contributed by atoms with Crippen molar-refractivity contribution in [2.24, 2.45) is 17.8 Å². The summed E-state index contributed by atoms with van der Waals surface area (Å²) in [5.41, 5.74) is -4.59. The number of hydrogen-bond acceptors (Lipinski definition) is 1. The van der Waals surface area contributed by atoms with Crippen molar-refractivity contribution in [3.8, 4) is 0 Å². The first kappa shape index (κ1) is 13.7. The molecule has 1 saturated carbocycles. The fourth-order valence-electron chi connectivity index (χ4n) is 2.90. The monoisotopic (exact) mass is 274 g/mol. The van der Waals surface area contributed by atoms with Crippen LogP contribution in [-0.4, -0.2) is 23.1 Å². The summed E-state index contributed by atoms with van der Waals surface area (Å²) in [6.45, 7) is 0. The number of rotatable bonds is 2. The topological polar surface area (TPSA) is 20.2 Å². The Kier molecular flexibility index (Phi) is 2.96. The molecule has 0 radical (unpaired) electrons. The fourth-order valence-corrected chi connectivity index (χ4v) is 2.90. The van der Waals surface area contributed by atoms with Crippen molar-refractivity contribution >= 4 is 0 Å². The van der Waals surface area contributed by atoms with E-state index in [1.165, 1.54) is 0 Å². The van der Waals surface area contributed by atoms with Crippen molar-refractivity contribution in [3.05, 3.63) is 12.2 Å². The molecule has 0 aromatic carbocycles. The van der Waals surface area contributed by atoms with Gasteiger partial charge in [0.1, 0.15) is 0 Å². The summed E-state index contributed by atoms with van der Waals surface area (Å²) >= 11 is 0. The number of hydrogen-bond donors (Lipinski definition) is 1. The lowest BCUT2D eigenvalue weighted by atomic mass is 9.82. The lowest BCUT2D eigenvalue weighted by Gasteiger charge is -2.35. The van der Waals surface area contributed by atoms with Crippen LogP contribution < -0.4 is 0 Å². The molecule has 0 aromatic rings. The zero-order valence-corrected chi connectivity index (χ0v) is 9.22. The molecule has 0 amide bonds. The minimum Gasteiger partial charge on any atom is -0.374 e. The maximum Gasteiger partial charge on any atom is 0.426 e. The quantitative estimate of drug-likeness (QED) is 0.604. The van der Waals surface area contributed by atoms with E-state index in [9.17, 15) is 26.3 Å². The summed E-state index contributed by atoms with van der Waals surface area (Å²) in [6.07, 6.45) is -8.33. The van der Waals surface area contributed by atoms with Gasteiger partial charge < -0.3 is 5.11 Å². The Labute approximate surface area is 99.5 Å². The molecule has 1 N–H and O–H groups in total. The molecule has 1 nitrogen and oxygen atoms in total. The first-order valence-corrected chi connectivity index (χ1v) is 5.59. The SMILES string of the molecule is OC(C[C@@H]1C[C@@H]2C=C[C@@H]1C2)(C(F)(F)F)C(F)(F)F. The van der Waals surface area contributed by atoms with Gasteiger partial charge in [-0.2, -0.15) is 26.3 Å². The van der Waals surface area contributed by atoms with Crippen LogP contribution in [0.1, 0.15) is 19.3 Å². The molecule has 18 heavy (non-hydrogen) atoms. The van der Waals surface area contributed by atoms with E-state index in [0.717, 1.165) is 0 Å². The molecule has 0 unspecified atom stereocenters. The van der Waals surface area contributed by atoms with E-state index in [2.05, 4.69) is 0 Å². The van der Waals surface area contributed by atoms with Gasteiger partial charge in [-0.3, -0.25) is 0 Å². The zero-order chi connectivity index (χ0) is 13.8. The standard InChI is InChI=1S/C11H12F6O/c12-10(13,14)9(18,11(15,16)17)5-8-4-6-1-2-7(8)3-6/h1-2,6-8,18H,3-5H2/t6-,7-,8+/m1/s1. The summed E-state index contributed by atoms with van der Waals surface area (Å²) in [5.74, 6) is -0.967. The molecule has 2 aliphatic carbocycles. The van der Waals surface area contributed by atoms with Gasteiger partial charge in [0.15, 0.2) is 0 Å². The lowest BCUT2D eigenvalue weighted by Crippen LogP contribution is -2.58. The molecular formula is C11H12F6O. The van der Waals surface area contributed by atoms with E-state index < -0.39 is 30.3 Å². The van der Waals surface area contributed by atoms with E-state index in [4.69, 9.17) is 5.11 Å². The highest BCUT2D eigenvalue weighted by molar-refractivity contribution is 5.12. The van der Waals surface area contributed by atoms with E-state index in [1.807, 2.05) is 6.08 Å². The van der Waals surface area contributed by atoms with Crippen LogP contribution in [0.5, 0.6) is 0 Å². The summed E-state index contributed by atoms with van der Waals surface area (Å²) < 4.78 is 75.0. The van der Waals surface area contributed by atoms with Gasteiger partial charge in [-0.25, -0.2) is 0 Å². The molecule has 3 atom stereocenters. The molecule has 2 rings (SSSR count). The predicted molar refractivity (Wildman–Crippen MR) is 50.5 cm³/mol. The maximum absolute atomic E-state index is 12.5. The Balaban J connectivity index is 2.19. The number of alkyl halides is 6. The highest BCUT2D eigenvalue weighted by atomic mass is 19.4. The van der Waals surface area contributed by atoms with Gasteiger partial charge in [0.25, 0.3) is 5.60 Å². The van der Waals surface area contributed by atoms with Crippen LogP contribution in [0.3, 0.4) is 0 Å². The second-order valence-corrected chi connectivity index (χ2v) is 5.10. The smallest absolute Gasteiger partial charge is 0.374 e. The molecule has 0 saturated heterocycles.